The highest BCUT2D eigenvalue weighted by Gasteiger charge is 2.21. The van der Waals surface area contributed by atoms with E-state index in [1.165, 1.54) is 13.0 Å². The molecule has 0 fully saturated rings. The first-order chi connectivity index (χ1) is 12.1. The van der Waals surface area contributed by atoms with E-state index in [1.54, 1.807) is 6.08 Å². The van der Waals surface area contributed by atoms with E-state index in [0.29, 0.717) is 6.61 Å². The van der Waals surface area contributed by atoms with E-state index >= 15 is 0 Å². The minimum atomic E-state index is -0.494. The van der Waals surface area contributed by atoms with E-state index < -0.39 is 4.92 Å². The van der Waals surface area contributed by atoms with Crippen molar-refractivity contribution in [1.82, 2.24) is 5.16 Å². The average molecular weight is 336 g/mol. The Bertz CT molecular complexity index is 884. The standard InChI is InChI=1S/C19H16N2O4/c1-14-19(21(22)23)18(25-20-14)12-9-15-7-10-17(11-8-15)24-13-16-5-3-2-4-6-16/h2-12H,13H2,1H3/b12-9-. The zero-order chi connectivity index (χ0) is 17.6. The quantitative estimate of drug-likeness (QED) is 0.484. The van der Waals surface area contributed by atoms with E-state index in [-0.39, 0.29) is 17.1 Å². The van der Waals surface area contributed by atoms with Crippen LogP contribution < -0.4 is 4.74 Å². The van der Waals surface area contributed by atoms with Crippen LogP contribution in [-0.2, 0) is 6.61 Å². The molecule has 0 atom stereocenters. The number of nitro groups is 1. The predicted molar refractivity (Wildman–Crippen MR) is 94.0 cm³/mol. The summed E-state index contributed by atoms with van der Waals surface area (Å²) in [4.78, 5) is 10.5. The molecule has 0 unspecified atom stereocenters. The van der Waals surface area contributed by atoms with Crippen molar-refractivity contribution in [3.8, 4) is 5.75 Å². The van der Waals surface area contributed by atoms with Gasteiger partial charge >= 0.3 is 5.69 Å². The Labute approximate surface area is 144 Å². The second-order valence-electron chi connectivity index (χ2n) is 5.41. The van der Waals surface area contributed by atoms with Gasteiger partial charge in [-0.1, -0.05) is 53.7 Å². The molecule has 0 radical (unpaired) electrons. The molecule has 0 aliphatic carbocycles. The lowest BCUT2D eigenvalue weighted by molar-refractivity contribution is -0.386. The highest BCUT2D eigenvalue weighted by atomic mass is 16.6. The summed E-state index contributed by atoms with van der Waals surface area (Å²) in [5.74, 6) is 0.884. The predicted octanol–water partition coefficient (Wildman–Crippen LogP) is 4.64. The Hall–Kier alpha value is -3.41. The topological polar surface area (TPSA) is 78.4 Å². The zero-order valence-electron chi connectivity index (χ0n) is 13.6. The molecule has 1 heterocycles. The van der Waals surface area contributed by atoms with Crippen molar-refractivity contribution in [2.75, 3.05) is 0 Å². The smallest absolute Gasteiger partial charge is 0.338 e. The van der Waals surface area contributed by atoms with Crippen molar-refractivity contribution in [3.63, 3.8) is 0 Å². The monoisotopic (exact) mass is 336 g/mol. The van der Waals surface area contributed by atoms with Crippen molar-refractivity contribution in [3.05, 3.63) is 87.3 Å². The van der Waals surface area contributed by atoms with Crippen LogP contribution in [0.4, 0.5) is 5.69 Å². The molecule has 0 aliphatic rings. The van der Waals surface area contributed by atoms with E-state index in [1.807, 2.05) is 54.6 Å². The van der Waals surface area contributed by atoms with Gasteiger partial charge in [-0.25, -0.2) is 0 Å². The third-order valence-corrected chi connectivity index (χ3v) is 3.60. The lowest BCUT2D eigenvalue weighted by Gasteiger charge is -2.06. The Morgan fingerprint density at radius 3 is 2.52 bits per heavy atom. The lowest BCUT2D eigenvalue weighted by atomic mass is 10.2. The normalized spacial score (nSPS) is 10.9. The number of aromatic nitrogens is 1. The fraction of sp³-hybridized carbons (Fsp3) is 0.105. The van der Waals surface area contributed by atoms with Crippen LogP contribution in [0, 0.1) is 17.0 Å². The van der Waals surface area contributed by atoms with Gasteiger partial charge < -0.3 is 9.26 Å². The zero-order valence-corrected chi connectivity index (χ0v) is 13.6. The lowest BCUT2D eigenvalue weighted by Crippen LogP contribution is -1.94. The third-order valence-electron chi connectivity index (χ3n) is 3.60. The summed E-state index contributed by atoms with van der Waals surface area (Å²) in [7, 11) is 0. The molecule has 0 bridgehead atoms. The summed E-state index contributed by atoms with van der Waals surface area (Å²) in [6.45, 7) is 2.04. The van der Waals surface area contributed by atoms with Gasteiger partial charge in [-0.3, -0.25) is 10.1 Å². The van der Waals surface area contributed by atoms with Crippen molar-refractivity contribution in [2.24, 2.45) is 0 Å². The molecule has 6 heteroatoms. The summed E-state index contributed by atoms with van der Waals surface area (Å²) in [6.07, 6.45) is 3.27. The van der Waals surface area contributed by atoms with E-state index in [0.717, 1.165) is 16.9 Å². The number of benzene rings is 2. The fourth-order valence-corrected chi connectivity index (χ4v) is 2.30. The van der Waals surface area contributed by atoms with Crippen LogP contribution in [0.3, 0.4) is 0 Å². The maximum Gasteiger partial charge on any atom is 0.338 e. The maximum absolute atomic E-state index is 11.0. The molecule has 0 aliphatic heterocycles. The molecule has 25 heavy (non-hydrogen) atoms. The van der Waals surface area contributed by atoms with Gasteiger partial charge in [0.15, 0.2) is 5.69 Å². The molecule has 0 saturated heterocycles. The van der Waals surface area contributed by atoms with Gasteiger partial charge in [0.2, 0.25) is 5.76 Å². The first-order valence-electron chi connectivity index (χ1n) is 7.69. The van der Waals surface area contributed by atoms with Crippen LogP contribution in [0.5, 0.6) is 5.75 Å². The van der Waals surface area contributed by atoms with Gasteiger partial charge in [0.1, 0.15) is 12.4 Å². The first-order valence-corrected chi connectivity index (χ1v) is 7.69. The molecular formula is C19H16N2O4. The molecule has 3 rings (SSSR count). The number of ether oxygens (including phenoxy) is 1. The number of hydrogen-bond acceptors (Lipinski definition) is 5. The molecular weight excluding hydrogens is 320 g/mol. The average Bonchev–Trinajstić information content (AvgIpc) is 3.01. The Balaban J connectivity index is 1.66. The summed E-state index contributed by atoms with van der Waals surface area (Å²) in [6, 6.07) is 17.3. The van der Waals surface area contributed by atoms with E-state index in [2.05, 4.69) is 5.16 Å². The second kappa shape index (κ2) is 7.44. The largest absolute Gasteiger partial charge is 0.489 e. The van der Waals surface area contributed by atoms with Gasteiger partial charge in [0.05, 0.1) is 4.92 Å². The third kappa shape index (κ3) is 4.11. The molecule has 1 aromatic heterocycles. The van der Waals surface area contributed by atoms with Crippen molar-refractivity contribution in [2.45, 2.75) is 13.5 Å². The first kappa shape index (κ1) is 16.4. The summed E-state index contributed by atoms with van der Waals surface area (Å²) in [5.41, 5.74) is 2.11. The minimum absolute atomic E-state index is 0.112. The summed E-state index contributed by atoms with van der Waals surface area (Å²) in [5, 5.41) is 14.6. The van der Waals surface area contributed by atoms with Gasteiger partial charge in [0.25, 0.3) is 0 Å². The molecule has 0 saturated carbocycles. The van der Waals surface area contributed by atoms with Gasteiger partial charge in [-0.2, -0.15) is 0 Å². The Kier molecular flexibility index (Phi) is 4.89. The molecule has 6 nitrogen and oxygen atoms in total. The Morgan fingerprint density at radius 1 is 1.12 bits per heavy atom. The van der Waals surface area contributed by atoms with Crippen molar-refractivity contribution in [1.29, 1.82) is 0 Å². The molecule has 0 spiro atoms. The maximum atomic E-state index is 11.0. The molecule has 2 aromatic carbocycles. The highest BCUT2D eigenvalue weighted by Crippen LogP contribution is 2.25. The Morgan fingerprint density at radius 2 is 1.84 bits per heavy atom. The van der Waals surface area contributed by atoms with Crippen LogP contribution >= 0.6 is 0 Å². The number of hydrogen-bond donors (Lipinski definition) is 0. The van der Waals surface area contributed by atoms with Crippen LogP contribution in [-0.4, -0.2) is 10.1 Å². The molecule has 0 amide bonds. The van der Waals surface area contributed by atoms with Crippen molar-refractivity contribution < 1.29 is 14.2 Å². The minimum Gasteiger partial charge on any atom is -0.489 e. The molecule has 126 valence electrons. The van der Waals surface area contributed by atoms with Crippen LogP contribution in [0.15, 0.2) is 59.1 Å². The number of nitrogens with zero attached hydrogens (tertiary/aromatic N) is 2. The van der Waals surface area contributed by atoms with E-state index in [9.17, 15) is 10.1 Å². The van der Waals surface area contributed by atoms with Gasteiger partial charge in [0, 0.05) is 0 Å². The highest BCUT2D eigenvalue weighted by molar-refractivity contribution is 5.71. The van der Waals surface area contributed by atoms with Crippen LogP contribution in [0.1, 0.15) is 22.6 Å². The SMILES string of the molecule is Cc1noc(/C=C\c2ccc(OCc3ccccc3)cc2)c1[N+](=O)[O-]. The number of rotatable bonds is 6. The molecule has 3 aromatic rings. The summed E-state index contributed by atoms with van der Waals surface area (Å²) >= 11 is 0. The van der Waals surface area contributed by atoms with Gasteiger partial charge in [-0.15, -0.1) is 0 Å². The fourth-order valence-electron chi connectivity index (χ4n) is 2.30. The van der Waals surface area contributed by atoms with E-state index in [4.69, 9.17) is 9.26 Å². The van der Waals surface area contributed by atoms with Crippen molar-refractivity contribution >= 4 is 17.8 Å². The second-order valence-corrected chi connectivity index (χ2v) is 5.41. The molecule has 0 N–H and O–H groups in total. The van der Waals surface area contributed by atoms with Crippen LogP contribution in [0.2, 0.25) is 0 Å². The van der Waals surface area contributed by atoms with Crippen LogP contribution in [0.25, 0.3) is 12.2 Å². The van der Waals surface area contributed by atoms with Gasteiger partial charge in [-0.05, 0) is 36.3 Å². The number of aryl methyl sites for hydroxylation is 1. The summed E-state index contributed by atoms with van der Waals surface area (Å²) < 4.78 is 10.7.